The van der Waals surface area contributed by atoms with Crippen molar-refractivity contribution in [1.29, 1.82) is 0 Å². The van der Waals surface area contributed by atoms with E-state index in [4.69, 9.17) is 46.4 Å². The minimum atomic E-state index is -0.258. The summed E-state index contributed by atoms with van der Waals surface area (Å²) in [6.45, 7) is 0.404. The van der Waals surface area contributed by atoms with Crippen molar-refractivity contribution in [2.24, 2.45) is 0 Å². The van der Waals surface area contributed by atoms with Gasteiger partial charge in [0, 0.05) is 16.6 Å². The van der Waals surface area contributed by atoms with E-state index >= 15 is 0 Å². The molecular weight excluding hydrogens is 496 g/mol. The lowest BCUT2D eigenvalue weighted by Gasteiger charge is -2.10. The van der Waals surface area contributed by atoms with Crippen molar-refractivity contribution >= 4 is 63.6 Å². The molecule has 0 spiro atoms. The van der Waals surface area contributed by atoms with Crippen LogP contribution in [0.4, 0.5) is 0 Å². The highest BCUT2D eigenvalue weighted by Crippen LogP contribution is 2.29. The van der Waals surface area contributed by atoms with Gasteiger partial charge in [-0.15, -0.1) is 11.3 Å². The number of halogens is 4. The maximum atomic E-state index is 13.0. The molecule has 2 aromatic carbocycles. The lowest BCUT2D eigenvalue weighted by molar-refractivity contribution is 0.0946. The van der Waals surface area contributed by atoms with Crippen LogP contribution in [0.25, 0.3) is 16.3 Å². The first-order valence-corrected chi connectivity index (χ1v) is 11.6. The number of carbonyl (C=O) groups excluding carboxylic acids is 1. The molecule has 9 heteroatoms. The summed E-state index contributed by atoms with van der Waals surface area (Å²) in [4.78, 5) is 14.0. The van der Waals surface area contributed by atoms with E-state index in [2.05, 4.69) is 10.4 Å². The summed E-state index contributed by atoms with van der Waals surface area (Å²) in [5.74, 6) is -0.258. The maximum Gasteiger partial charge on any atom is 0.270 e. The number of amides is 1. The molecule has 158 valence electrons. The van der Waals surface area contributed by atoms with Gasteiger partial charge < -0.3 is 5.32 Å². The number of hydrogen-bond donors (Lipinski definition) is 1. The summed E-state index contributed by atoms with van der Waals surface area (Å²) in [6, 6.07) is 16.1. The number of thiophene rings is 1. The second kappa shape index (κ2) is 9.63. The minimum absolute atomic E-state index is 0.258. The van der Waals surface area contributed by atoms with Gasteiger partial charge in [0.2, 0.25) is 0 Å². The van der Waals surface area contributed by atoms with E-state index in [0.717, 1.165) is 10.4 Å². The van der Waals surface area contributed by atoms with Crippen LogP contribution in [0.1, 0.15) is 16.1 Å². The molecule has 1 N–H and O–H groups in total. The van der Waals surface area contributed by atoms with Gasteiger partial charge in [-0.05, 0) is 59.8 Å². The number of carbonyl (C=O) groups is 1. The summed E-state index contributed by atoms with van der Waals surface area (Å²) >= 11 is 25.9. The van der Waals surface area contributed by atoms with Crippen LogP contribution in [0.5, 0.6) is 0 Å². The first-order valence-electron chi connectivity index (χ1n) is 9.24. The van der Waals surface area contributed by atoms with Crippen molar-refractivity contribution in [2.75, 3.05) is 6.54 Å². The molecule has 0 unspecified atom stereocenters. The Morgan fingerprint density at radius 3 is 2.52 bits per heavy atom. The van der Waals surface area contributed by atoms with Crippen LogP contribution in [0.3, 0.4) is 0 Å². The molecule has 1 amide bonds. The Kier molecular flexibility index (Phi) is 6.89. The SMILES string of the molecule is O=C(NCCc1ccc(Cl)cc1Cl)c1cc(-c2cccs2)nn1-c1ccc(Cl)c(Cl)c1. The Hall–Kier alpha value is -2.02. The van der Waals surface area contributed by atoms with Crippen LogP contribution in [0.15, 0.2) is 60.0 Å². The number of rotatable bonds is 6. The highest BCUT2D eigenvalue weighted by atomic mass is 35.5. The van der Waals surface area contributed by atoms with E-state index in [1.807, 2.05) is 23.6 Å². The molecule has 2 heterocycles. The smallest absolute Gasteiger partial charge is 0.270 e. The summed E-state index contributed by atoms with van der Waals surface area (Å²) in [6.07, 6.45) is 0.570. The Morgan fingerprint density at radius 2 is 1.81 bits per heavy atom. The van der Waals surface area contributed by atoms with Gasteiger partial charge in [-0.25, -0.2) is 4.68 Å². The predicted octanol–water partition coefficient (Wildman–Crippen LogP) is 7.19. The van der Waals surface area contributed by atoms with Crippen molar-refractivity contribution in [2.45, 2.75) is 6.42 Å². The Morgan fingerprint density at radius 1 is 0.968 bits per heavy atom. The monoisotopic (exact) mass is 509 g/mol. The first kappa shape index (κ1) is 22.2. The summed E-state index contributed by atoms with van der Waals surface area (Å²) in [7, 11) is 0. The fraction of sp³-hybridized carbons (Fsp3) is 0.0909. The number of benzene rings is 2. The van der Waals surface area contributed by atoms with Crippen LogP contribution in [0, 0.1) is 0 Å². The van der Waals surface area contributed by atoms with Gasteiger partial charge in [0.1, 0.15) is 11.4 Å². The average Bonchev–Trinajstić information content (AvgIpc) is 3.41. The van der Waals surface area contributed by atoms with Crippen LogP contribution in [-0.4, -0.2) is 22.2 Å². The predicted molar refractivity (Wildman–Crippen MR) is 129 cm³/mol. The van der Waals surface area contributed by atoms with Crippen LogP contribution in [-0.2, 0) is 6.42 Å². The molecule has 4 rings (SSSR count). The molecule has 0 fully saturated rings. The number of hydrogen-bond acceptors (Lipinski definition) is 3. The van der Waals surface area contributed by atoms with Gasteiger partial charge in [-0.3, -0.25) is 4.79 Å². The molecule has 2 aromatic heterocycles. The molecule has 4 aromatic rings. The van der Waals surface area contributed by atoms with E-state index in [-0.39, 0.29) is 5.91 Å². The number of aromatic nitrogens is 2. The molecule has 0 aliphatic heterocycles. The van der Waals surface area contributed by atoms with E-state index < -0.39 is 0 Å². The maximum absolute atomic E-state index is 13.0. The van der Waals surface area contributed by atoms with E-state index in [9.17, 15) is 4.79 Å². The highest BCUT2D eigenvalue weighted by molar-refractivity contribution is 7.13. The van der Waals surface area contributed by atoms with E-state index in [1.54, 1.807) is 52.4 Å². The summed E-state index contributed by atoms with van der Waals surface area (Å²) in [5, 5.41) is 11.5. The van der Waals surface area contributed by atoms with Crippen LogP contribution >= 0.6 is 57.7 Å². The van der Waals surface area contributed by atoms with Gasteiger partial charge in [0.15, 0.2) is 0 Å². The quantitative estimate of drug-likeness (QED) is 0.298. The zero-order valence-corrected chi connectivity index (χ0v) is 19.8. The Labute approximate surface area is 203 Å². The van der Waals surface area contributed by atoms with E-state index in [1.165, 1.54) is 0 Å². The minimum Gasteiger partial charge on any atom is -0.350 e. The number of nitrogens with zero attached hydrogens (tertiary/aromatic N) is 2. The van der Waals surface area contributed by atoms with Crippen molar-refractivity contribution < 1.29 is 4.79 Å². The van der Waals surface area contributed by atoms with Gasteiger partial charge in [-0.2, -0.15) is 5.10 Å². The standard InChI is InChI=1S/C22H15Cl4N3OS/c23-14-4-3-13(17(25)10-14)7-8-27-22(30)20-12-19(21-2-1-9-31-21)28-29(20)15-5-6-16(24)18(26)11-15/h1-6,9-12H,7-8H2,(H,27,30). The molecule has 4 nitrogen and oxygen atoms in total. The third-order valence-electron chi connectivity index (χ3n) is 4.56. The molecule has 0 saturated carbocycles. The average molecular weight is 511 g/mol. The fourth-order valence-corrected chi connectivity index (χ4v) is 4.50. The Bertz CT molecular complexity index is 1240. The molecular formula is C22H15Cl4N3OS. The largest absolute Gasteiger partial charge is 0.350 e. The summed E-state index contributed by atoms with van der Waals surface area (Å²) in [5.41, 5.74) is 2.64. The van der Waals surface area contributed by atoms with Crippen molar-refractivity contribution in [3.8, 4) is 16.3 Å². The van der Waals surface area contributed by atoms with Crippen LogP contribution < -0.4 is 5.32 Å². The molecule has 0 aliphatic carbocycles. The zero-order valence-electron chi connectivity index (χ0n) is 15.9. The van der Waals surface area contributed by atoms with Crippen molar-refractivity contribution in [1.82, 2.24) is 15.1 Å². The Balaban J connectivity index is 1.59. The lowest BCUT2D eigenvalue weighted by atomic mass is 10.1. The lowest BCUT2D eigenvalue weighted by Crippen LogP contribution is -2.28. The zero-order chi connectivity index (χ0) is 22.0. The fourth-order valence-electron chi connectivity index (χ4n) is 3.03. The third kappa shape index (κ3) is 5.08. The van der Waals surface area contributed by atoms with Crippen molar-refractivity contribution in [3.63, 3.8) is 0 Å². The molecule has 0 bridgehead atoms. The summed E-state index contributed by atoms with van der Waals surface area (Å²) < 4.78 is 1.57. The molecule has 0 aliphatic rings. The third-order valence-corrected chi connectivity index (χ3v) is 6.78. The molecule has 0 saturated heterocycles. The van der Waals surface area contributed by atoms with Gasteiger partial charge in [0.25, 0.3) is 5.91 Å². The second-order valence-electron chi connectivity index (χ2n) is 6.64. The van der Waals surface area contributed by atoms with Crippen molar-refractivity contribution in [3.05, 3.63) is 91.3 Å². The van der Waals surface area contributed by atoms with Gasteiger partial charge >= 0.3 is 0 Å². The highest BCUT2D eigenvalue weighted by Gasteiger charge is 2.18. The van der Waals surface area contributed by atoms with Gasteiger partial charge in [0.05, 0.1) is 20.6 Å². The normalized spacial score (nSPS) is 11.0. The van der Waals surface area contributed by atoms with Crippen LogP contribution in [0.2, 0.25) is 20.1 Å². The van der Waals surface area contributed by atoms with Gasteiger partial charge in [-0.1, -0.05) is 58.5 Å². The van der Waals surface area contributed by atoms with E-state index in [0.29, 0.717) is 50.1 Å². The molecule has 31 heavy (non-hydrogen) atoms. The molecule has 0 atom stereocenters. The number of nitrogens with one attached hydrogen (secondary N) is 1. The molecule has 0 radical (unpaired) electrons. The first-order chi connectivity index (χ1) is 14.9. The second-order valence-corrected chi connectivity index (χ2v) is 9.25. The topological polar surface area (TPSA) is 46.9 Å².